The molecule has 0 aliphatic carbocycles. The van der Waals surface area contributed by atoms with E-state index in [1.807, 2.05) is 12.1 Å². The van der Waals surface area contributed by atoms with Gasteiger partial charge in [0.1, 0.15) is 0 Å². The molecule has 2 heterocycles. The van der Waals surface area contributed by atoms with Crippen LogP contribution in [0, 0.1) is 0 Å². The minimum Gasteiger partial charge on any atom is -0.376 e. The number of halogens is 1. The summed E-state index contributed by atoms with van der Waals surface area (Å²) < 4.78 is 35.0. The highest BCUT2D eigenvalue weighted by molar-refractivity contribution is 14.0. The fourth-order valence-electron chi connectivity index (χ4n) is 3.78. The molecule has 7 nitrogen and oxygen atoms in total. The third-order valence-electron chi connectivity index (χ3n) is 5.55. The number of hydrogen-bond donors (Lipinski definition) is 1. The SMILES string of the molecule is CN=C(NCc1ccc(S(C)(=O)=O)cc1)N1CCC(OCC2CCCCO2)CC1.I. The average molecular weight is 551 g/mol. The first-order chi connectivity index (χ1) is 14.0. The maximum Gasteiger partial charge on any atom is 0.193 e. The summed E-state index contributed by atoms with van der Waals surface area (Å²) in [6, 6.07) is 6.97. The predicted molar refractivity (Wildman–Crippen MR) is 129 cm³/mol. The second kappa shape index (κ2) is 12.2. The standard InChI is InChI=1S/C21H33N3O4S.HI/c1-22-21(23-15-17-6-8-20(9-7-17)29(2,25)26)24-12-10-18(11-13-24)28-16-19-5-3-4-14-27-19;/h6-9,18-19H,3-5,10-16H2,1-2H3,(H,22,23);1H. The van der Waals surface area contributed by atoms with Gasteiger partial charge in [-0.15, -0.1) is 24.0 Å². The van der Waals surface area contributed by atoms with Gasteiger partial charge in [0, 0.05) is 39.5 Å². The molecular formula is C21H34IN3O4S. The minimum atomic E-state index is -3.16. The number of benzene rings is 1. The lowest BCUT2D eigenvalue weighted by atomic mass is 10.1. The quantitative estimate of drug-likeness (QED) is 0.333. The second-order valence-electron chi connectivity index (χ2n) is 7.83. The van der Waals surface area contributed by atoms with Crippen LogP contribution in [0.3, 0.4) is 0 Å². The Kier molecular flexibility index (Phi) is 10.3. The van der Waals surface area contributed by atoms with Crippen molar-refractivity contribution in [1.82, 2.24) is 10.2 Å². The summed E-state index contributed by atoms with van der Waals surface area (Å²) in [5.74, 6) is 0.867. The molecule has 1 aromatic rings. The number of likely N-dealkylation sites (tertiary alicyclic amines) is 1. The molecule has 30 heavy (non-hydrogen) atoms. The smallest absolute Gasteiger partial charge is 0.193 e. The van der Waals surface area contributed by atoms with Gasteiger partial charge < -0.3 is 19.7 Å². The molecule has 2 fully saturated rings. The van der Waals surface area contributed by atoms with E-state index in [2.05, 4.69) is 15.2 Å². The number of rotatable bonds is 6. The van der Waals surface area contributed by atoms with E-state index in [-0.39, 0.29) is 30.1 Å². The first kappa shape index (κ1) is 25.4. The van der Waals surface area contributed by atoms with Crippen molar-refractivity contribution in [3.63, 3.8) is 0 Å². The maximum atomic E-state index is 11.6. The molecule has 2 aliphatic rings. The van der Waals surface area contributed by atoms with Gasteiger partial charge in [-0.3, -0.25) is 4.99 Å². The molecule has 1 N–H and O–H groups in total. The normalized spacial score (nSPS) is 21.2. The van der Waals surface area contributed by atoms with Crippen LogP contribution in [-0.2, 0) is 25.9 Å². The molecule has 0 bridgehead atoms. The third-order valence-corrected chi connectivity index (χ3v) is 6.68. The second-order valence-corrected chi connectivity index (χ2v) is 9.84. The first-order valence-electron chi connectivity index (χ1n) is 10.4. The van der Waals surface area contributed by atoms with Crippen LogP contribution in [0.4, 0.5) is 0 Å². The van der Waals surface area contributed by atoms with Crippen LogP contribution in [0.15, 0.2) is 34.2 Å². The number of piperidine rings is 1. The average Bonchev–Trinajstić information content (AvgIpc) is 2.74. The van der Waals surface area contributed by atoms with E-state index < -0.39 is 9.84 Å². The molecule has 0 spiro atoms. The lowest BCUT2D eigenvalue weighted by molar-refractivity contribution is -0.0721. The molecule has 0 radical (unpaired) electrons. The summed E-state index contributed by atoms with van der Waals surface area (Å²) in [6.07, 6.45) is 7.27. The van der Waals surface area contributed by atoms with Crippen molar-refractivity contribution in [2.75, 3.05) is 39.6 Å². The number of nitrogens with zero attached hydrogens (tertiary/aromatic N) is 2. The summed E-state index contributed by atoms with van der Waals surface area (Å²) in [5.41, 5.74) is 1.02. The lowest BCUT2D eigenvalue weighted by Crippen LogP contribution is -2.47. The first-order valence-corrected chi connectivity index (χ1v) is 12.3. The summed E-state index contributed by atoms with van der Waals surface area (Å²) in [4.78, 5) is 6.99. The van der Waals surface area contributed by atoms with Crippen LogP contribution < -0.4 is 5.32 Å². The Morgan fingerprint density at radius 3 is 2.47 bits per heavy atom. The molecule has 0 amide bonds. The Balaban J connectivity index is 0.00000320. The van der Waals surface area contributed by atoms with Crippen molar-refractivity contribution in [3.05, 3.63) is 29.8 Å². The van der Waals surface area contributed by atoms with Crippen molar-refractivity contribution in [3.8, 4) is 0 Å². The highest BCUT2D eigenvalue weighted by Gasteiger charge is 2.23. The highest BCUT2D eigenvalue weighted by atomic mass is 127. The molecule has 3 rings (SSSR count). The summed E-state index contributed by atoms with van der Waals surface area (Å²) in [5, 5.41) is 3.38. The van der Waals surface area contributed by atoms with Crippen molar-refractivity contribution < 1.29 is 17.9 Å². The zero-order chi connectivity index (χ0) is 20.7. The van der Waals surface area contributed by atoms with Gasteiger partial charge in [-0.2, -0.15) is 0 Å². The summed E-state index contributed by atoms with van der Waals surface area (Å²) in [6.45, 7) is 3.99. The van der Waals surface area contributed by atoms with Gasteiger partial charge in [-0.05, 0) is 49.8 Å². The Morgan fingerprint density at radius 2 is 1.90 bits per heavy atom. The molecule has 0 aromatic heterocycles. The van der Waals surface area contributed by atoms with Gasteiger partial charge in [0.25, 0.3) is 0 Å². The van der Waals surface area contributed by atoms with Gasteiger partial charge >= 0.3 is 0 Å². The van der Waals surface area contributed by atoms with Gasteiger partial charge in [-0.25, -0.2) is 8.42 Å². The monoisotopic (exact) mass is 551 g/mol. The van der Waals surface area contributed by atoms with Gasteiger partial charge in [0.05, 0.1) is 23.7 Å². The predicted octanol–water partition coefficient (Wildman–Crippen LogP) is 2.83. The van der Waals surface area contributed by atoms with E-state index in [0.29, 0.717) is 24.2 Å². The molecule has 170 valence electrons. The van der Waals surface area contributed by atoms with E-state index in [1.165, 1.54) is 19.1 Å². The molecule has 1 atom stereocenters. The number of aliphatic imine (C=N–C) groups is 1. The van der Waals surface area contributed by atoms with Crippen LogP contribution in [0.1, 0.15) is 37.7 Å². The van der Waals surface area contributed by atoms with Crippen LogP contribution >= 0.6 is 24.0 Å². The largest absolute Gasteiger partial charge is 0.376 e. The number of guanidine groups is 1. The maximum absolute atomic E-state index is 11.6. The molecular weight excluding hydrogens is 517 g/mol. The molecule has 2 aliphatic heterocycles. The van der Waals surface area contributed by atoms with Crippen LogP contribution in [0.2, 0.25) is 0 Å². The molecule has 0 saturated carbocycles. The van der Waals surface area contributed by atoms with E-state index in [0.717, 1.165) is 50.5 Å². The van der Waals surface area contributed by atoms with Crippen molar-refractivity contribution in [2.24, 2.45) is 4.99 Å². The number of ether oxygens (including phenoxy) is 2. The minimum absolute atomic E-state index is 0. The lowest BCUT2D eigenvalue weighted by Gasteiger charge is -2.35. The van der Waals surface area contributed by atoms with Crippen molar-refractivity contribution in [1.29, 1.82) is 0 Å². The van der Waals surface area contributed by atoms with Crippen LogP contribution in [0.5, 0.6) is 0 Å². The van der Waals surface area contributed by atoms with Gasteiger partial charge in [-0.1, -0.05) is 12.1 Å². The molecule has 1 aromatic carbocycles. The Labute approximate surface area is 197 Å². The van der Waals surface area contributed by atoms with Gasteiger partial charge in [0.2, 0.25) is 0 Å². The summed E-state index contributed by atoms with van der Waals surface area (Å²) >= 11 is 0. The van der Waals surface area contributed by atoms with Crippen molar-refractivity contribution in [2.45, 2.75) is 55.8 Å². The van der Waals surface area contributed by atoms with Gasteiger partial charge in [0.15, 0.2) is 15.8 Å². The Hall–Kier alpha value is -0.910. The van der Waals surface area contributed by atoms with Crippen molar-refractivity contribution >= 4 is 39.8 Å². The molecule has 1 unspecified atom stereocenters. The zero-order valence-electron chi connectivity index (χ0n) is 17.9. The molecule has 2 saturated heterocycles. The number of hydrogen-bond acceptors (Lipinski definition) is 5. The Morgan fingerprint density at radius 1 is 1.20 bits per heavy atom. The highest BCUT2D eigenvalue weighted by Crippen LogP contribution is 2.18. The zero-order valence-corrected chi connectivity index (χ0v) is 21.0. The van der Waals surface area contributed by atoms with E-state index in [1.54, 1.807) is 19.2 Å². The fraction of sp³-hybridized carbons (Fsp3) is 0.667. The van der Waals surface area contributed by atoms with Crippen LogP contribution in [-0.4, -0.2) is 71.1 Å². The van der Waals surface area contributed by atoms with E-state index >= 15 is 0 Å². The van der Waals surface area contributed by atoms with E-state index in [9.17, 15) is 8.42 Å². The topological polar surface area (TPSA) is 80.2 Å². The summed E-state index contributed by atoms with van der Waals surface area (Å²) in [7, 11) is -1.37. The fourth-order valence-corrected chi connectivity index (χ4v) is 4.41. The number of sulfone groups is 1. The number of nitrogens with one attached hydrogen (secondary N) is 1. The Bertz CT molecular complexity index is 772. The third kappa shape index (κ3) is 7.65. The van der Waals surface area contributed by atoms with E-state index in [4.69, 9.17) is 9.47 Å². The van der Waals surface area contributed by atoms with Crippen LogP contribution in [0.25, 0.3) is 0 Å². The molecule has 9 heteroatoms.